The second kappa shape index (κ2) is 23.8. The van der Waals surface area contributed by atoms with Crippen molar-refractivity contribution in [3.8, 4) is 46.1 Å². The van der Waals surface area contributed by atoms with Gasteiger partial charge in [0, 0.05) is 41.5 Å². The summed E-state index contributed by atoms with van der Waals surface area (Å²) in [6, 6.07) is 17.5. The van der Waals surface area contributed by atoms with Crippen LogP contribution in [0.1, 0.15) is 33.4 Å². The van der Waals surface area contributed by atoms with E-state index < -0.39 is 35.2 Å². The van der Waals surface area contributed by atoms with Crippen LogP contribution in [-0.2, 0) is 18.5 Å². The Hall–Kier alpha value is -10.2. The Morgan fingerprint density at radius 1 is 0.507 bits per heavy atom. The van der Waals surface area contributed by atoms with Crippen LogP contribution in [0.15, 0.2) is 147 Å². The maximum atomic E-state index is 12.6. The quantitative estimate of drug-likeness (QED) is 0.0236. The average molecular weight is 1060 g/mol. The highest BCUT2D eigenvalue weighted by Gasteiger charge is 2.32. The lowest BCUT2D eigenvalue weighted by molar-refractivity contribution is -0.138. The van der Waals surface area contributed by atoms with E-state index in [-0.39, 0.29) is 46.8 Å². The van der Waals surface area contributed by atoms with E-state index in [2.05, 4.69) is 60.6 Å². The van der Waals surface area contributed by atoms with Crippen molar-refractivity contribution in [2.24, 2.45) is 10.9 Å². The smallest absolute Gasteiger partial charge is 0.416 e. The number of nitrogens with zero attached hydrogens (tertiary/aromatic N) is 12. The summed E-state index contributed by atoms with van der Waals surface area (Å²) >= 11 is 5.34. The Labute approximate surface area is 418 Å². The first kappa shape index (κ1) is 54.2. The number of nitrogens with two attached hydrogens (primary N) is 2. The fourth-order valence-corrected chi connectivity index (χ4v) is 5.51. The molecule has 0 unspecified atom stereocenters. The van der Waals surface area contributed by atoms with Gasteiger partial charge in [-0.3, -0.25) is 10.6 Å². The van der Waals surface area contributed by atoms with Crippen LogP contribution in [0.3, 0.4) is 0 Å². The molecule has 0 atom stereocenters. The molecule has 30 heteroatoms. The molecule has 20 nitrogen and oxygen atoms in total. The first-order valence-electron chi connectivity index (χ1n) is 20.2. The minimum absolute atomic E-state index is 0.0186. The molecule has 3 aromatic carbocycles. The number of rotatable bonds is 8. The van der Waals surface area contributed by atoms with Gasteiger partial charge in [0.25, 0.3) is 6.01 Å². The number of halogens is 10. The predicted molar refractivity (Wildman–Crippen MR) is 245 cm³/mol. The van der Waals surface area contributed by atoms with Crippen molar-refractivity contribution in [1.29, 1.82) is 10.5 Å². The average Bonchev–Trinajstić information content (AvgIpc) is 4.19. The first-order valence-corrected chi connectivity index (χ1v) is 20.6. The standard InChI is InChI=1S/C15H11F3N6O2.C15H8F3N5O.C10H7F3N2O.C5H2ClN3/c16-15(17,18)10-3-1-8(2-4-10)11-7-22-14(26-11)23-13-20-5-9(6-21-13)12(19)24-25;16-15(17,18)11-3-1-10(2-4-11)12-8-22-14(24-12)23-13-20-6-9(5-19)7-21-13;11-10(12,13)7-3-1-6(2-4-7)8-5-15-9(14)16-8;6-5-8-2-4(1-7)3-9-5/h1-7,25H,(H2,19,24)(H,20,21,22,23);1-4,6-8H,(H,20,21,22,23);1-5H,(H2,14,15);2-3H. The molecule has 0 radical (unpaired) electrons. The van der Waals surface area contributed by atoms with Crippen LogP contribution in [0.5, 0.6) is 0 Å². The van der Waals surface area contributed by atoms with E-state index in [4.69, 9.17) is 52.1 Å². The van der Waals surface area contributed by atoms with Gasteiger partial charge in [0.2, 0.25) is 17.2 Å². The number of anilines is 5. The summed E-state index contributed by atoms with van der Waals surface area (Å²) in [4.78, 5) is 34.4. The maximum absolute atomic E-state index is 12.6. The van der Waals surface area contributed by atoms with Crippen LogP contribution in [0.4, 0.5) is 69.5 Å². The minimum Gasteiger partial charge on any atom is -0.424 e. The van der Waals surface area contributed by atoms with Crippen LogP contribution in [-0.4, -0.2) is 55.9 Å². The van der Waals surface area contributed by atoms with Crippen LogP contribution in [0.25, 0.3) is 34.0 Å². The van der Waals surface area contributed by atoms with Gasteiger partial charge in [-0.25, -0.2) is 44.9 Å². The van der Waals surface area contributed by atoms with Crippen molar-refractivity contribution in [1.82, 2.24) is 44.9 Å². The molecule has 0 aliphatic rings. The number of benzene rings is 3. The summed E-state index contributed by atoms with van der Waals surface area (Å²) in [5.41, 5.74) is 10.9. The van der Waals surface area contributed by atoms with Crippen LogP contribution in [0.2, 0.25) is 5.28 Å². The minimum atomic E-state index is -4.40. The maximum Gasteiger partial charge on any atom is 0.416 e. The van der Waals surface area contributed by atoms with Crippen molar-refractivity contribution in [2.75, 3.05) is 16.4 Å². The predicted octanol–water partition coefficient (Wildman–Crippen LogP) is 10.7. The van der Waals surface area contributed by atoms with Crippen LogP contribution >= 0.6 is 11.6 Å². The molecule has 0 saturated carbocycles. The van der Waals surface area contributed by atoms with E-state index in [9.17, 15) is 39.5 Å². The molecule has 75 heavy (non-hydrogen) atoms. The normalized spacial score (nSPS) is 11.3. The van der Waals surface area contributed by atoms with Crippen molar-refractivity contribution in [3.05, 3.63) is 167 Å². The monoisotopic (exact) mass is 1060 g/mol. The molecule has 7 N–H and O–H groups in total. The van der Waals surface area contributed by atoms with Gasteiger partial charge in [-0.15, -0.1) is 0 Å². The Bertz CT molecular complexity index is 3390. The molecule has 0 amide bonds. The van der Waals surface area contributed by atoms with Gasteiger partial charge >= 0.3 is 30.6 Å². The van der Waals surface area contributed by atoms with E-state index in [1.165, 1.54) is 92.2 Å². The third-order valence-corrected chi connectivity index (χ3v) is 9.24. The van der Waals surface area contributed by atoms with Gasteiger partial charge in [-0.2, -0.15) is 50.0 Å². The summed E-state index contributed by atoms with van der Waals surface area (Å²) in [7, 11) is 0. The molecule has 0 bridgehead atoms. The topological polar surface area (TPSA) is 312 Å². The third-order valence-electron chi connectivity index (χ3n) is 9.05. The number of nitrogen functional groups attached to an aromatic ring is 1. The van der Waals surface area contributed by atoms with Crippen molar-refractivity contribution in [3.63, 3.8) is 0 Å². The zero-order valence-electron chi connectivity index (χ0n) is 37.1. The number of hydrogen-bond donors (Lipinski definition) is 5. The summed E-state index contributed by atoms with van der Waals surface area (Å²) in [6.07, 6.45) is -0.996. The fourth-order valence-electron chi connectivity index (χ4n) is 5.42. The second-order valence-corrected chi connectivity index (χ2v) is 14.5. The van der Waals surface area contributed by atoms with E-state index in [0.717, 1.165) is 36.4 Å². The second-order valence-electron chi connectivity index (χ2n) is 14.1. The number of alkyl halides is 9. The number of hydrogen-bond acceptors (Lipinski definition) is 19. The zero-order valence-corrected chi connectivity index (χ0v) is 37.9. The van der Waals surface area contributed by atoms with E-state index in [1.54, 1.807) is 0 Å². The molecular formula is C45H28ClF9N16O4. The Kier molecular flexibility index (Phi) is 17.2. The van der Waals surface area contributed by atoms with Crippen molar-refractivity contribution >= 4 is 47.4 Å². The molecule has 9 aromatic rings. The van der Waals surface area contributed by atoms with Crippen molar-refractivity contribution < 1.29 is 58.0 Å². The molecule has 382 valence electrons. The molecule has 0 aliphatic carbocycles. The highest BCUT2D eigenvalue weighted by Crippen LogP contribution is 2.34. The van der Waals surface area contributed by atoms with Gasteiger partial charge in [0.15, 0.2) is 23.1 Å². The zero-order chi connectivity index (χ0) is 54.3. The Morgan fingerprint density at radius 2 is 0.840 bits per heavy atom. The largest absolute Gasteiger partial charge is 0.424 e. The molecule has 0 saturated heterocycles. The number of nitriles is 2. The SMILES string of the molecule is N#Cc1cnc(Cl)nc1.N#Cc1cnc(Nc2ncc(-c3ccc(C(F)(F)F)cc3)o2)nc1.N/C(=N/O)c1cnc(Nc2ncc(-c3ccc(C(F)(F)F)cc3)o2)nc1.Nc1ncc(-c2ccc(C(F)(F)F)cc2)o1. The van der Waals surface area contributed by atoms with Crippen molar-refractivity contribution in [2.45, 2.75) is 18.5 Å². The molecule has 0 aliphatic heterocycles. The number of nitrogens with one attached hydrogen (secondary N) is 2. The summed E-state index contributed by atoms with van der Waals surface area (Å²) in [5, 5.41) is 33.9. The fraction of sp³-hybridized carbons (Fsp3) is 0.0667. The molecule has 0 fully saturated rings. The molecule has 6 heterocycles. The lowest BCUT2D eigenvalue weighted by atomic mass is 10.1. The molecule has 0 spiro atoms. The first-order chi connectivity index (χ1) is 35.6. The molecule has 6 aromatic heterocycles. The highest BCUT2D eigenvalue weighted by atomic mass is 35.5. The van der Waals surface area contributed by atoms with Gasteiger partial charge in [-0.05, 0) is 48.0 Å². The summed E-state index contributed by atoms with van der Waals surface area (Å²) < 4.78 is 128. The number of aromatic nitrogens is 9. The number of oxazole rings is 3. The molecular weight excluding hydrogens is 1040 g/mol. The van der Waals surface area contributed by atoms with Gasteiger partial charge in [0.1, 0.15) is 12.1 Å². The highest BCUT2D eigenvalue weighted by molar-refractivity contribution is 6.28. The molecule has 9 rings (SSSR count). The van der Waals surface area contributed by atoms with Gasteiger partial charge < -0.3 is 29.9 Å². The van der Waals surface area contributed by atoms with E-state index in [1.807, 2.05) is 12.1 Å². The van der Waals surface area contributed by atoms with E-state index >= 15 is 0 Å². The van der Waals surface area contributed by atoms with Crippen LogP contribution in [0, 0.1) is 22.7 Å². The van der Waals surface area contributed by atoms with Crippen LogP contribution < -0.4 is 22.1 Å². The van der Waals surface area contributed by atoms with Gasteiger partial charge in [-0.1, -0.05) is 41.6 Å². The Balaban J connectivity index is 0.000000172. The summed E-state index contributed by atoms with van der Waals surface area (Å²) in [6.45, 7) is 0. The lowest BCUT2D eigenvalue weighted by Gasteiger charge is -2.06. The van der Waals surface area contributed by atoms with E-state index in [0.29, 0.717) is 44.9 Å². The lowest BCUT2D eigenvalue weighted by Crippen LogP contribution is -2.14. The summed E-state index contributed by atoms with van der Waals surface area (Å²) in [5.74, 6) is 1.08. The number of amidine groups is 1. The third kappa shape index (κ3) is 15.7. The number of oxime groups is 1. The Morgan fingerprint density at radius 3 is 1.16 bits per heavy atom. The van der Waals surface area contributed by atoms with Gasteiger partial charge in [0.05, 0.1) is 64.4 Å².